The van der Waals surface area contributed by atoms with E-state index in [1.54, 1.807) is 11.3 Å². The van der Waals surface area contributed by atoms with Crippen LogP contribution in [0.3, 0.4) is 0 Å². The Hall–Kier alpha value is -0.540. The van der Waals surface area contributed by atoms with Gasteiger partial charge in [-0.15, -0.1) is 23.7 Å². The first-order valence-electron chi connectivity index (χ1n) is 4.21. The zero-order valence-corrected chi connectivity index (χ0v) is 9.12. The average molecular weight is 217 g/mol. The van der Waals surface area contributed by atoms with E-state index in [1.807, 2.05) is 0 Å². The molecule has 2 nitrogen and oxygen atoms in total. The maximum atomic E-state index is 5.82. The molecule has 0 spiro atoms. The first-order chi connectivity index (χ1) is 5.81. The lowest BCUT2D eigenvalue weighted by atomic mass is 10.0. The predicted octanol–water partition coefficient (Wildman–Crippen LogP) is 2.21. The molecule has 4 heteroatoms. The quantitative estimate of drug-likeness (QED) is 0.768. The van der Waals surface area contributed by atoms with Gasteiger partial charge < -0.3 is 5.73 Å². The fraction of sp³-hybridized carbons (Fsp3) is 0.444. The van der Waals surface area contributed by atoms with Crippen LogP contribution in [0.2, 0.25) is 0 Å². The molecule has 0 fully saturated rings. The summed E-state index contributed by atoms with van der Waals surface area (Å²) in [6, 6.07) is 2.57. The lowest BCUT2D eigenvalue weighted by Gasteiger charge is -2.16. The Balaban J connectivity index is 0.000000845. The maximum Gasteiger partial charge on any atom is 0.136 e. The van der Waals surface area contributed by atoms with Gasteiger partial charge in [0.15, 0.2) is 0 Å². The van der Waals surface area contributed by atoms with Crippen molar-refractivity contribution in [2.75, 3.05) is 0 Å². The van der Waals surface area contributed by atoms with Crippen molar-refractivity contribution in [1.82, 2.24) is 0 Å². The number of halogens is 1. The van der Waals surface area contributed by atoms with Gasteiger partial charge >= 0.3 is 0 Å². The third-order valence-corrected chi connectivity index (χ3v) is 3.21. The highest BCUT2D eigenvalue weighted by Gasteiger charge is 2.18. The summed E-state index contributed by atoms with van der Waals surface area (Å²) in [5, 5.41) is 2.09. The van der Waals surface area contributed by atoms with E-state index in [4.69, 9.17) is 5.73 Å². The molecule has 1 atom stereocenters. The van der Waals surface area contributed by atoms with Crippen LogP contribution in [0.15, 0.2) is 16.4 Å². The van der Waals surface area contributed by atoms with Crippen LogP contribution in [-0.4, -0.2) is 11.9 Å². The van der Waals surface area contributed by atoms with Crippen LogP contribution in [0, 0.1) is 0 Å². The summed E-state index contributed by atoms with van der Waals surface area (Å²) >= 11 is 1.69. The number of nitrogens with zero attached hydrogens (tertiary/aromatic N) is 1. The van der Waals surface area contributed by atoms with E-state index in [9.17, 15) is 0 Å². The van der Waals surface area contributed by atoms with Crippen LogP contribution < -0.4 is 5.73 Å². The lowest BCUT2D eigenvalue weighted by Crippen LogP contribution is -2.24. The van der Waals surface area contributed by atoms with Crippen molar-refractivity contribution in [3.8, 4) is 0 Å². The van der Waals surface area contributed by atoms with E-state index in [2.05, 4.69) is 23.4 Å². The van der Waals surface area contributed by atoms with E-state index in [-0.39, 0.29) is 12.4 Å². The van der Waals surface area contributed by atoms with E-state index < -0.39 is 0 Å². The second-order valence-corrected chi connectivity index (χ2v) is 3.97. The fourth-order valence-corrected chi connectivity index (χ4v) is 2.36. The Bertz CT molecular complexity index is 319. The summed E-state index contributed by atoms with van der Waals surface area (Å²) in [6.07, 6.45) is 2.14. The molecular formula is C9H13ClN2S. The van der Waals surface area contributed by atoms with Crippen LogP contribution in [0.5, 0.6) is 0 Å². The Morgan fingerprint density at radius 1 is 1.69 bits per heavy atom. The molecule has 0 bridgehead atoms. The molecule has 1 aliphatic rings. The first-order valence-corrected chi connectivity index (χ1v) is 5.09. The Morgan fingerprint density at radius 3 is 3.15 bits per heavy atom. The highest BCUT2D eigenvalue weighted by molar-refractivity contribution is 7.12. The molecule has 1 aromatic rings. The number of hydrogen-bond donors (Lipinski definition) is 1. The zero-order chi connectivity index (χ0) is 8.55. The maximum absolute atomic E-state index is 5.82. The molecule has 72 valence electrons. The summed E-state index contributed by atoms with van der Waals surface area (Å²) in [7, 11) is 0. The van der Waals surface area contributed by atoms with Gasteiger partial charge in [0, 0.05) is 0 Å². The third kappa shape index (κ3) is 1.86. The number of nitrogens with two attached hydrogens (primary N) is 1. The fourth-order valence-electron chi connectivity index (χ4n) is 1.51. The molecule has 0 saturated heterocycles. The molecule has 13 heavy (non-hydrogen) atoms. The zero-order valence-electron chi connectivity index (χ0n) is 7.49. The van der Waals surface area contributed by atoms with Gasteiger partial charge in [0.2, 0.25) is 0 Å². The number of amidine groups is 1. The SMILES string of the molecule is CCC1Cc2ccsc2C(N)=N1.Cl. The minimum Gasteiger partial charge on any atom is -0.383 e. The van der Waals surface area contributed by atoms with Gasteiger partial charge in [-0.1, -0.05) is 6.92 Å². The standard InChI is InChI=1S/C9H12N2S.ClH/c1-2-7-5-6-3-4-12-8(6)9(10)11-7;/h3-4,7H,2,5H2,1H3,(H2,10,11);1H. The Morgan fingerprint density at radius 2 is 2.46 bits per heavy atom. The van der Waals surface area contributed by atoms with Gasteiger partial charge in [0.05, 0.1) is 10.9 Å². The Kier molecular flexibility index (Phi) is 3.33. The first kappa shape index (κ1) is 10.5. The number of thiophene rings is 1. The Labute approximate surface area is 88.3 Å². The summed E-state index contributed by atoms with van der Waals surface area (Å²) in [5.41, 5.74) is 7.19. The second-order valence-electron chi connectivity index (χ2n) is 3.06. The molecule has 0 aromatic carbocycles. The highest BCUT2D eigenvalue weighted by atomic mass is 35.5. The summed E-state index contributed by atoms with van der Waals surface area (Å²) < 4.78 is 0. The minimum absolute atomic E-state index is 0. The van der Waals surface area contributed by atoms with Crippen molar-refractivity contribution in [3.63, 3.8) is 0 Å². The number of aliphatic imine (C=N–C) groups is 1. The van der Waals surface area contributed by atoms with Gasteiger partial charge in [-0.3, -0.25) is 4.99 Å². The van der Waals surface area contributed by atoms with Crippen molar-refractivity contribution in [2.45, 2.75) is 25.8 Å². The van der Waals surface area contributed by atoms with Gasteiger partial charge in [0.25, 0.3) is 0 Å². The normalized spacial score (nSPS) is 20.1. The number of rotatable bonds is 1. The molecule has 2 rings (SSSR count). The van der Waals surface area contributed by atoms with E-state index in [0.717, 1.165) is 18.7 Å². The van der Waals surface area contributed by atoms with Crippen LogP contribution in [0.1, 0.15) is 23.8 Å². The molecule has 1 aliphatic heterocycles. The van der Waals surface area contributed by atoms with Gasteiger partial charge in [-0.2, -0.15) is 0 Å². The monoisotopic (exact) mass is 216 g/mol. The molecule has 0 saturated carbocycles. The largest absolute Gasteiger partial charge is 0.383 e. The molecule has 2 N–H and O–H groups in total. The molecule has 0 radical (unpaired) electrons. The number of fused-ring (bicyclic) bond motifs is 1. The van der Waals surface area contributed by atoms with E-state index in [0.29, 0.717) is 6.04 Å². The third-order valence-electron chi connectivity index (χ3n) is 2.23. The van der Waals surface area contributed by atoms with E-state index >= 15 is 0 Å². The molecule has 2 heterocycles. The molecule has 1 unspecified atom stereocenters. The minimum atomic E-state index is 0. The molecule has 0 aliphatic carbocycles. The second kappa shape index (κ2) is 4.11. The molecular weight excluding hydrogens is 204 g/mol. The van der Waals surface area contributed by atoms with Crippen LogP contribution in [0.25, 0.3) is 0 Å². The predicted molar refractivity (Wildman–Crippen MR) is 60.1 cm³/mol. The smallest absolute Gasteiger partial charge is 0.136 e. The molecule has 0 amide bonds. The molecule has 1 aromatic heterocycles. The lowest BCUT2D eigenvalue weighted by molar-refractivity contribution is 0.641. The van der Waals surface area contributed by atoms with Crippen LogP contribution >= 0.6 is 23.7 Å². The van der Waals surface area contributed by atoms with Crippen molar-refractivity contribution in [1.29, 1.82) is 0 Å². The van der Waals surface area contributed by atoms with Gasteiger partial charge in [-0.25, -0.2) is 0 Å². The van der Waals surface area contributed by atoms with Crippen molar-refractivity contribution < 1.29 is 0 Å². The van der Waals surface area contributed by atoms with Crippen LogP contribution in [-0.2, 0) is 6.42 Å². The van der Waals surface area contributed by atoms with Crippen molar-refractivity contribution >= 4 is 29.6 Å². The average Bonchev–Trinajstić information content (AvgIpc) is 2.52. The number of hydrogen-bond acceptors (Lipinski definition) is 3. The summed E-state index contributed by atoms with van der Waals surface area (Å²) in [4.78, 5) is 5.60. The summed E-state index contributed by atoms with van der Waals surface area (Å²) in [6.45, 7) is 2.15. The van der Waals surface area contributed by atoms with Gasteiger partial charge in [-0.05, 0) is 29.9 Å². The summed E-state index contributed by atoms with van der Waals surface area (Å²) in [5.74, 6) is 0.734. The van der Waals surface area contributed by atoms with Crippen molar-refractivity contribution in [2.24, 2.45) is 10.7 Å². The van der Waals surface area contributed by atoms with Crippen LogP contribution in [0.4, 0.5) is 0 Å². The topological polar surface area (TPSA) is 38.4 Å². The highest BCUT2D eigenvalue weighted by Crippen LogP contribution is 2.24. The van der Waals surface area contributed by atoms with Crippen molar-refractivity contribution in [3.05, 3.63) is 21.9 Å². The van der Waals surface area contributed by atoms with Gasteiger partial charge in [0.1, 0.15) is 5.84 Å². The van der Waals surface area contributed by atoms with E-state index in [1.165, 1.54) is 10.4 Å².